The van der Waals surface area contributed by atoms with Crippen molar-refractivity contribution in [2.75, 3.05) is 19.6 Å². The van der Waals surface area contributed by atoms with E-state index in [1.54, 1.807) is 0 Å². The van der Waals surface area contributed by atoms with Crippen LogP contribution in [0.1, 0.15) is 41.0 Å². The molecular weight excluding hydrogens is 394 g/mol. The minimum atomic E-state index is -0.0498. The number of nitrogens with one attached hydrogen (secondary N) is 2. The minimum absolute atomic E-state index is 0.00473. The average Bonchev–Trinajstić information content (AvgIpc) is 3.30. The van der Waals surface area contributed by atoms with Gasteiger partial charge in [-0.3, -0.25) is 14.5 Å². The largest absolute Gasteiger partial charge is 0.349 e. The summed E-state index contributed by atoms with van der Waals surface area (Å²) in [4.78, 5) is 27.7. The van der Waals surface area contributed by atoms with E-state index in [4.69, 9.17) is 0 Å². The number of carbonyl (C=O) groups excluding carboxylic acids is 2. The summed E-state index contributed by atoms with van der Waals surface area (Å²) >= 11 is 1.46. The lowest BCUT2D eigenvalue weighted by Gasteiger charge is -2.32. The van der Waals surface area contributed by atoms with Gasteiger partial charge in [0.25, 0.3) is 5.91 Å². The molecule has 1 aliphatic heterocycles. The zero-order valence-electron chi connectivity index (χ0n) is 17.1. The SMILES string of the molecule is CC(NC(=O)CN1CCC(NC(=O)c2cccs2)CC1)c1cccc2ccccc12. The molecule has 30 heavy (non-hydrogen) atoms. The molecule has 6 heteroatoms. The van der Waals surface area contributed by atoms with Crippen molar-refractivity contribution in [1.29, 1.82) is 0 Å². The predicted octanol–water partition coefficient (Wildman–Crippen LogP) is 3.97. The molecule has 0 saturated carbocycles. The molecule has 2 aromatic carbocycles. The fraction of sp³-hybridized carbons (Fsp3) is 0.333. The lowest BCUT2D eigenvalue weighted by atomic mass is 9.99. The van der Waals surface area contributed by atoms with Gasteiger partial charge in [-0.15, -0.1) is 11.3 Å². The highest BCUT2D eigenvalue weighted by Gasteiger charge is 2.23. The van der Waals surface area contributed by atoms with Crippen LogP contribution in [-0.2, 0) is 4.79 Å². The summed E-state index contributed by atoms with van der Waals surface area (Å²) in [5.41, 5.74) is 1.14. The molecule has 4 rings (SSSR count). The molecule has 5 nitrogen and oxygen atoms in total. The third-order valence-electron chi connectivity index (χ3n) is 5.70. The van der Waals surface area contributed by atoms with Crippen LogP contribution >= 0.6 is 11.3 Å². The topological polar surface area (TPSA) is 61.4 Å². The van der Waals surface area contributed by atoms with Crippen molar-refractivity contribution in [3.05, 3.63) is 70.4 Å². The number of hydrogen-bond acceptors (Lipinski definition) is 4. The van der Waals surface area contributed by atoms with Gasteiger partial charge in [0, 0.05) is 19.1 Å². The number of nitrogens with zero attached hydrogens (tertiary/aromatic N) is 1. The highest BCUT2D eigenvalue weighted by atomic mass is 32.1. The maximum Gasteiger partial charge on any atom is 0.261 e. The standard InChI is InChI=1S/C24H27N3O2S/c1-17(20-9-4-7-18-6-2-3-8-21(18)20)25-23(28)16-27-13-11-19(12-14-27)26-24(29)22-10-5-15-30-22/h2-10,15,17,19H,11-14,16H2,1H3,(H,25,28)(H,26,29). The van der Waals surface area contributed by atoms with Crippen LogP contribution in [0.5, 0.6) is 0 Å². The van der Waals surface area contributed by atoms with E-state index in [0.717, 1.165) is 36.4 Å². The molecule has 2 amide bonds. The molecule has 1 aliphatic rings. The number of rotatable bonds is 6. The summed E-state index contributed by atoms with van der Waals surface area (Å²) in [5, 5.41) is 10.5. The number of fused-ring (bicyclic) bond motifs is 1. The van der Waals surface area contributed by atoms with E-state index < -0.39 is 0 Å². The van der Waals surface area contributed by atoms with Crippen LogP contribution in [0.2, 0.25) is 0 Å². The van der Waals surface area contributed by atoms with Gasteiger partial charge in [0.15, 0.2) is 0 Å². The van der Waals surface area contributed by atoms with Crippen LogP contribution in [0.25, 0.3) is 10.8 Å². The van der Waals surface area contributed by atoms with Crippen molar-refractivity contribution < 1.29 is 9.59 Å². The average molecular weight is 422 g/mol. The van der Waals surface area contributed by atoms with Gasteiger partial charge < -0.3 is 10.6 Å². The molecule has 1 unspecified atom stereocenters. The number of benzene rings is 2. The van der Waals surface area contributed by atoms with E-state index in [-0.39, 0.29) is 23.9 Å². The quantitative estimate of drug-likeness (QED) is 0.633. The second kappa shape index (κ2) is 9.41. The van der Waals surface area contributed by atoms with E-state index in [2.05, 4.69) is 39.8 Å². The zero-order valence-corrected chi connectivity index (χ0v) is 18.0. The molecule has 0 aliphatic carbocycles. The van der Waals surface area contributed by atoms with E-state index >= 15 is 0 Å². The number of hydrogen-bond donors (Lipinski definition) is 2. The Bertz CT molecular complexity index is 1000. The predicted molar refractivity (Wildman–Crippen MR) is 122 cm³/mol. The molecule has 0 spiro atoms. The molecule has 1 atom stereocenters. The van der Waals surface area contributed by atoms with Crippen LogP contribution in [0.15, 0.2) is 60.0 Å². The molecular formula is C24H27N3O2S. The summed E-state index contributed by atoms with van der Waals surface area (Å²) in [6.07, 6.45) is 1.73. The van der Waals surface area contributed by atoms with Crippen molar-refractivity contribution in [1.82, 2.24) is 15.5 Å². The van der Waals surface area contributed by atoms with Crippen molar-refractivity contribution in [2.24, 2.45) is 0 Å². The summed E-state index contributed by atoms with van der Waals surface area (Å²) in [7, 11) is 0. The molecule has 1 saturated heterocycles. The van der Waals surface area contributed by atoms with E-state index in [0.29, 0.717) is 6.54 Å². The highest BCUT2D eigenvalue weighted by Crippen LogP contribution is 2.24. The lowest BCUT2D eigenvalue weighted by molar-refractivity contribution is -0.123. The van der Waals surface area contributed by atoms with Crippen LogP contribution in [-0.4, -0.2) is 42.4 Å². The normalized spacial score (nSPS) is 16.3. The van der Waals surface area contributed by atoms with Gasteiger partial charge in [-0.25, -0.2) is 0 Å². The van der Waals surface area contributed by atoms with E-state index in [1.165, 1.54) is 22.1 Å². The fourth-order valence-corrected chi connectivity index (χ4v) is 4.72. The Morgan fingerprint density at radius 2 is 1.83 bits per heavy atom. The third kappa shape index (κ3) is 4.89. The van der Waals surface area contributed by atoms with Crippen LogP contribution < -0.4 is 10.6 Å². The number of carbonyl (C=O) groups is 2. The monoisotopic (exact) mass is 421 g/mol. The first-order chi connectivity index (χ1) is 14.6. The first-order valence-electron chi connectivity index (χ1n) is 10.4. The Morgan fingerprint density at radius 3 is 2.60 bits per heavy atom. The summed E-state index contributed by atoms with van der Waals surface area (Å²) in [5.74, 6) is 0.0432. The second-order valence-corrected chi connectivity index (χ2v) is 8.81. The fourth-order valence-electron chi connectivity index (χ4n) is 4.10. The van der Waals surface area contributed by atoms with Gasteiger partial charge in [0.1, 0.15) is 0 Å². The number of thiophene rings is 1. The van der Waals surface area contributed by atoms with Crippen LogP contribution in [0.4, 0.5) is 0 Å². The molecule has 1 fully saturated rings. The molecule has 2 N–H and O–H groups in total. The maximum absolute atomic E-state index is 12.6. The molecule has 3 aromatic rings. The van der Waals surface area contributed by atoms with E-state index in [1.807, 2.05) is 42.6 Å². The first-order valence-corrected chi connectivity index (χ1v) is 11.3. The van der Waals surface area contributed by atoms with Gasteiger partial charge in [0.2, 0.25) is 5.91 Å². The van der Waals surface area contributed by atoms with Gasteiger partial charge in [-0.05, 0) is 47.5 Å². The van der Waals surface area contributed by atoms with E-state index in [9.17, 15) is 9.59 Å². The first kappa shape index (κ1) is 20.6. The summed E-state index contributed by atoms with van der Waals surface area (Å²) in [6.45, 7) is 4.05. The number of piperidine rings is 1. The Morgan fingerprint density at radius 1 is 1.07 bits per heavy atom. The lowest BCUT2D eigenvalue weighted by Crippen LogP contribution is -2.47. The second-order valence-electron chi connectivity index (χ2n) is 7.86. The van der Waals surface area contributed by atoms with Gasteiger partial charge in [-0.2, -0.15) is 0 Å². The third-order valence-corrected chi connectivity index (χ3v) is 6.57. The van der Waals surface area contributed by atoms with Crippen LogP contribution in [0, 0.1) is 0 Å². The van der Waals surface area contributed by atoms with Crippen molar-refractivity contribution in [2.45, 2.75) is 31.8 Å². The summed E-state index contributed by atoms with van der Waals surface area (Å²) in [6, 6.07) is 18.3. The van der Waals surface area contributed by atoms with Crippen molar-refractivity contribution >= 4 is 33.9 Å². The number of amides is 2. The Balaban J connectivity index is 1.26. The van der Waals surface area contributed by atoms with Gasteiger partial charge in [-0.1, -0.05) is 48.5 Å². The number of likely N-dealkylation sites (tertiary alicyclic amines) is 1. The van der Waals surface area contributed by atoms with Crippen molar-refractivity contribution in [3.63, 3.8) is 0 Å². The highest BCUT2D eigenvalue weighted by molar-refractivity contribution is 7.12. The summed E-state index contributed by atoms with van der Waals surface area (Å²) < 4.78 is 0. The smallest absolute Gasteiger partial charge is 0.261 e. The molecule has 156 valence electrons. The molecule has 2 heterocycles. The van der Waals surface area contributed by atoms with Gasteiger partial charge in [0.05, 0.1) is 17.5 Å². The van der Waals surface area contributed by atoms with Gasteiger partial charge >= 0.3 is 0 Å². The Hall–Kier alpha value is -2.70. The molecule has 1 aromatic heterocycles. The molecule has 0 bridgehead atoms. The Kier molecular flexibility index (Phi) is 6.45. The Labute approximate surface area is 181 Å². The minimum Gasteiger partial charge on any atom is -0.349 e. The van der Waals surface area contributed by atoms with Crippen molar-refractivity contribution in [3.8, 4) is 0 Å². The maximum atomic E-state index is 12.6. The zero-order chi connectivity index (χ0) is 20.9. The molecule has 0 radical (unpaired) electrons. The van der Waals surface area contributed by atoms with Crippen LogP contribution in [0.3, 0.4) is 0 Å².